The van der Waals surface area contributed by atoms with Crippen LogP contribution in [0.1, 0.15) is 47.7 Å². The van der Waals surface area contributed by atoms with Crippen molar-refractivity contribution in [1.29, 1.82) is 0 Å². The molecule has 7 nitrogen and oxygen atoms in total. The van der Waals surface area contributed by atoms with Gasteiger partial charge in [0.1, 0.15) is 17.1 Å². The number of rotatable bonds is 9. The molecular formula is C23H19BrF5N3O4. The lowest BCUT2D eigenvalue weighted by molar-refractivity contribution is -0.137. The molecule has 3 N–H and O–H groups in total. The van der Waals surface area contributed by atoms with Crippen molar-refractivity contribution in [2.45, 2.75) is 32.0 Å². The molecule has 0 aliphatic carbocycles. The summed E-state index contributed by atoms with van der Waals surface area (Å²) in [7, 11) is 0. The normalized spacial score (nSPS) is 12.3. The summed E-state index contributed by atoms with van der Waals surface area (Å²) < 4.78 is 78.4. The zero-order valence-corrected chi connectivity index (χ0v) is 20.2. The molecule has 0 bridgehead atoms. The third-order valence-corrected chi connectivity index (χ3v) is 5.43. The molecule has 1 aromatic heterocycles. The van der Waals surface area contributed by atoms with Crippen molar-refractivity contribution in [3.05, 3.63) is 69.7 Å². The Bertz CT molecular complexity index is 1260. The number of ether oxygens (including phenoxy) is 1. The van der Waals surface area contributed by atoms with E-state index in [1.165, 1.54) is 12.1 Å². The topological polar surface area (TPSA) is 107 Å². The monoisotopic (exact) mass is 575 g/mol. The van der Waals surface area contributed by atoms with Gasteiger partial charge in [-0.1, -0.05) is 19.1 Å². The molecule has 3 rings (SSSR count). The van der Waals surface area contributed by atoms with Crippen LogP contribution in [0.4, 0.5) is 22.0 Å². The number of nitrogens with one attached hydrogen (secondary N) is 1. The van der Waals surface area contributed by atoms with Crippen LogP contribution in [0.25, 0.3) is 11.3 Å². The highest BCUT2D eigenvalue weighted by Crippen LogP contribution is 2.35. The Balaban J connectivity index is 1.97. The van der Waals surface area contributed by atoms with Crippen LogP contribution < -0.4 is 15.8 Å². The fraction of sp³-hybridized carbons (Fsp3) is 0.261. The Morgan fingerprint density at radius 2 is 1.83 bits per heavy atom. The first-order chi connectivity index (χ1) is 16.9. The van der Waals surface area contributed by atoms with Crippen molar-refractivity contribution in [3.8, 4) is 17.0 Å². The molecule has 1 atom stereocenters. The Morgan fingerprint density at radius 1 is 1.17 bits per heavy atom. The molecule has 0 aliphatic rings. The van der Waals surface area contributed by atoms with Crippen LogP contribution in [0, 0.1) is 11.6 Å². The van der Waals surface area contributed by atoms with Gasteiger partial charge >= 0.3 is 6.18 Å². The molecular weight excluding hydrogens is 557 g/mol. The van der Waals surface area contributed by atoms with Crippen molar-refractivity contribution in [2.75, 3.05) is 6.54 Å². The van der Waals surface area contributed by atoms with Crippen molar-refractivity contribution >= 4 is 27.7 Å². The average molecular weight is 576 g/mol. The number of hydrogen-bond donors (Lipinski definition) is 2. The van der Waals surface area contributed by atoms with Gasteiger partial charge in [0, 0.05) is 12.0 Å². The highest BCUT2D eigenvalue weighted by Gasteiger charge is 2.31. The van der Waals surface area contributed by atoms with E-state index < -0.39 is 46.7 Å². The number of amides is 2. The first kappa shape index (κ1) is 27.1. The zero-order chi connectivity index (χ0) is 26.6. The van der Waals surface area contributed by atoms with Gasteiger partial charge in [0.15, 0.2) is 22.3 Å². The summed E-state index contributed by atoms with van der Waals surface area (Å²) in [6.07, 6.45) is -5.06. The summed E-state index contributed by atoms with van der Waals surface area (Å²) in [4.78, 5) is 27.7. The summed E-state index contributed by atoms with van der Waals surface area (Å²) in [5.41, 5.74) is 3.55. The number of hydrogen-bond acceptors (Lipinski definition) is 5. The Morgan fingerprint density at radius 3 is 2.42 bits per heavy atom. The van der Waals surface area contributed by atoms with Crippen LogP contribution in [0.5, 0.6) is 5.75 Å². The molecule has 0 aliphatic heterocycles. The van der Waals surface area contributed by atoms with Gasteiger partial charge in [-0.15, -0.1) is 0 Å². The van der Waals surface area contributed by atoms with E-state index in [-0.39, 0.29) is 40.7 Å². The summed E-state index contributed by atoms with van der Waals surface area (Å²) in [6.45, 7) is 1.52. The molecule has 0 spiro atoms. The van der Waals surface area contributed by atoms with Crippen molar-refractivity contribution in [3.63, 3.8) is 0 Å². The number of nitrogens with two attached hydrogens (primary N) is 1. The summed E-state index contributed by atoms with van der Waals surface area (Å²) in [6, 6.07) is 5.82. The third kappa shape index (κ3) is 6.20. The standard InChI is InChI=1S/C23H19BrF5N3O4/c1-2-3-16(33)31-10-15(35-14-9-8-13(25)17(18(14)26)21(30)34)22-32-19(20(24)36-22)11-4-6-12(7-5-11)23(27,28)29/h4-9,15H,2-3,10H2,1H3,(H2,30,34)(H,31,33)/t15-/m0/s1. The molecule has 0 radical (unpaired) electrons. The molecule has 0 fully saturated rings. The van der Waals surface area contributed by atoms with E-state index in [9.17, 15) is 31.5 Å². The van der Waals surface area contributed by atoms with Crippen LogP contribution in [-0.4, -0.2) is 23.3 Å². The van der Waals surface area contributed by atoms with E-state index in [1.807, 2.05) is 0 Å². The van der Waals surface area contributed by atoms with Crippen LogP contribution in [0.3, 0.4) is 0 Å². The second-order valence-corrected chi connectivity index (χ2v) is 8.23. The molecule has 0 saturated heterocycles. The van der Waals surface area contributed by atoms with E-state index in [0.29, 0.717) is 6.42 Å². The van der Waals surface area contributed by atoms with Gasteiger partial charge in [0.05, 0.1) is 12.1 Å². The van der Waals surface area contributed by atoms with E-state index in [0.717, 1.165) is 24.3 Å². The number of carbonyl (C=O) groups excluding carboxylic acids is 2. The second kappa shape index (κ2) is 11.1. The van der Waals surface area contributed by atoms with Gasteiger partial charge in [0.25, 0.3) is 5.91 Å². The summed E-state index contributed by atoms with van der Waals surface area (Å²) in [5, 5.41) is 2.57. The van der Waals surface area contributed by atoms with E-state index in [4.69, 9.17) is 14.9 Å². The quantitative estimate of drug-likeness (QED) is 0.326. The van der Waals surface area contributed by atoms with Crippen molar-refractivity contribution < 1.29 is 40.7 Å². The number of aromatic nitrogens is 1. The minimum Gasteiger partial charge on any atom is -0.476 e. The number of nitrogens with zero attached hydrogens (tertiary/aromatic N) is 1. The van der Waals surface area contributed by atoms with Gasteiger partial charge < -0.3 is 20.2 Å². The van der Waals surface area contributed by atoms with E-state index in [1.54, 1.807) is 6.92 Å². The molecule has 2 amide bonds. The molecule has 36 heavy (non-hydrogen) atoms. The molecule has 2 aromatic carbocycles. The van der Waals surface area contributed by atoms with Crippen LogP contribution in [-0.2, 0) is 11.0 Å². The van der Waals surface area contributed by atoms with Crippen LogP contribution in [0.15, 0.2) is 45.5 Å². The number of benzene rings is 2. The van der Waals surface area contributed by atoms with E-state index >= 15 is 0 Å². The Hall–Kier alpha value is -3.48. The first-order valence-corrected chi connectivity index (χ1v) is 11.3. The third-order valence-electron chi connectivity index (χ3n) is 4.90. The second-order valence-electron chi connectivity index (χ2n) is 7.51. The summed E-state index contributed by atoms with van der Waals surface area (Å²) in [5.74, 6) is -5.00. The molecule has 1 heterocycles. The molecule has 3 aromatic rings. The number of oxazole rings is 1. The Kier molecular flexibility index (Phi) is 8.33. The predicted octanol–water partition coefficient (Wildman–Crippen LogP) is 5.54. The van der Waals surface area contributed by atoms with Gasteiger partial charge in [-0.25, -0.2) is 13.8 Å². The minimum absolute atomic E-state index is 0.0307. The molecule has 0 unspecified atom stereocenters. The lowest BCUT2D eigenvalue weighted by atomic mass is 10.1. The molecule has 0 saturated carbocycles. The maximum atomic E-state index is 14.8. The van der Waals surface area contributed by atoms with Crippen molar-refractivity contribution in [2.24, 2.45) is 5.73 Å². The van der Waals surface area contributed by atoms with Gasteiger partial charge in [-0.3, -0.25) is 9.59 Å². The largest absolute Gasteiger partial charge is 0.476 e. The summed E-state index contributed by atoms with van der Waals surface area (Å²) >= 11 is 3.15. The van der Waals surface area contributed by atoms with Gasteiger partial charge in [-0.2, -0.15) is 13.2 Å². The fourth-order valence-corrected chi connectivity index (χ4v) is 3.64. The number of carbonyl (C=O) groups is 2. The average Bonchev–Trinajstić information content (AvgIpc) is 3.19. The smallest absolute Gasteiger partial charge is 0.416 e. The van der Waals surface area contributed by atoms with Gasteiger partial charge in [0.2, 0.25) is 11.8 Å². The van der Waals surface area contributed by atoms with E-state index in [2.05, 4.69) is 26.2 Å². The first-order valence-electron chi connectivity index (χ1n) is 10.5. The maximum Gasteiger partial charge on any atom is 0.416 e. The fourth-order valence-electron chi connectivity index (χ4n) is 3.15. The molecule has 192 valence electrons. The lowest BCUT2D eigenvalue weighted by Gasteiger charge is -2.18. The van der Waals surface area contributed by atoms with Gasteiger partial charge in [-0.05, 0) is 46.6 Å². The lowest BCUT2D eigenvalue weighted by Crippen LogP contribution is -2.31. The van der Waals surface area contributed by atoms with Crippen molar-refractivity contribution in [1.82, 2.24) is 10.3 Å². The predicted molar refractivity (Wildman–Crippen MR) is 121 cm³/mol. The SMILES string of the molecule is CCCC(=O)NC[C@H](Oc1ccc(F)c(C(N)=O)c1F)c1nc(-c2ccc(C(F)(F)F)cc2)c(Br)o1. The number of halogens is 6. The van der Waals surface area contributed by atoms with Crippen LogP contribution in [0.2, 0.25) is 0 Å². The number of primary amides is 1. The highest BCUT2D eigenvalue weighted by atomic mass is 79.9. The maximum absolute atomic E-state index is 14.8. The Labute approximate surface area is 210 Å². The minimum atomic E-state index is -4.52. The highest BCUT2D eigenvalue weighted by molar-refractivity contribution is 9.10. The zero-order valence-electron chi connectivity index (χ0n) is 18.6. The molecule has 13 heteroatoms. The van der Waals surface area contributed by atoms with Crippen LogP contribution >= 0.6 is 15.9 Å². The number of alkyl halides is 3.